The Morgan fingerprint density at radius 2 is 2.10 bits per heavy atom. The van der Waals surface area contributed by atoms with Gasteiger partial charge < -0.3 is 20.2 Å². The highest BCUT2D eigenvalue weighted by Crippen LogP contribution is 2.32. The summed E-state index contributed by atoms with van der Waals surface area (Å²) in [5.74, 6) is 0.540. The number of aromatic amines is 1. The standard InChI is InChI=1S/C19H17N5O4S/c1-3-28-11-7-6-10(9-12(11)27-2)17-21-14(16(20)25)15-18(23-17)24(19(26)22-15)13-5-4-8-29-13/h4-9H,3H2,1-2H3,(H2,20,25)(H,22,26). The Kier molecular flexibility index (Phi) is 4.77. The van der Waals surface area contributed by atoms with Crippen LogP contribution in [-0.4, -0.2) is 39.1 Å². The summed E-state index contributed by atoms with van der Waals surface area (Å²) >= 11 is 1.37. The predicted octanol–water partition coefficient (Wildman–Crippen LogP) is 2.34. The van der Waals surface area contributed by atoms with E-state index >= 15 is 0 Å². The molecule has 3 aromatic heterocycles. The summed E-state index contributed by atoms with van der Waals surface area (Å²) in [5, 5.41) is 2.50. The van der Waals surface area contributed by atoms with E-state index in [1.54, 1.807) is 24.3 Å². The molecule has 29 heavy (non-hydrogen) atoms. The normalized spacial score (nSPS) is 11.0. The second-order valence-electron chi connectivity index (χ2n) is 5.97. The van der Waals surface area contributed by atoms with Crippen molar-refractivity contribution in [2.45, 2.75) is 6.92 Å². The molecule has 0 fully saturated rings. The second kappa shape index (κ2) is 7.40. The summed E-state index contributed by atoms with van der Waals surface area (Å²) in [7, 11) is 1.53. The van der Waals surface area contributed by atoms with Crippen molar-refractivity contribution in [1.82, 2.24) is 19.5 Å². The number of carbonyl (C=O) groups is 1. The molecule has 0 saturated carbocycles. The van der Waals surface area contributed by atoms with Crippen molar-refractivity contribution in [3.8, 4) is 27.9 Å². The fraction of sp³-hybridized carbons (Fsp3) is 0.158. The average Bonchev–Trinajstić information content (AvgIpc) is 3.34. The molecule has 3 heterocycles. The molecule has 0 aliphatic heterocycles. The number of methoxy groups -OCH3 is 1. The van der Waals surface area contributed by atoms with Gasteiger partial charge in [-0.1, -0.05) is 0 Å². The first-order valence-electron chi connectivity index (χ1n) is 8.71. The summed E-state index contributed by atoms with van der Waals surface area (Å²) in [6, 6.07) is 8.79. The highest BCUT2D eigenvalue weighted by Gasteiger charge is 2.21. The van der Waals surface area contributed by atoms with Gasteiger partial charge in [0.1, 0.15) is 10.5 Å². The third-order valence-electron chi connectivity index (χ3n) is 4.22. The number of fused-ring (bicyclic) bond motifs is 1. The zero-order valence-corrected chi connectivity index (χ0v) is 16.4. The molecule has 0 aliphatic rings. The van der Waals surface area contributed by atoms with Crippen LogP contribution in [-0.2, 0) is 0 Å². The number of rotatable bonds is 6. The topological polar surface area (TPSA) is 125 Å². The van der Waals surface area contributed by atoms with E-state index in [1.807, 2.05) is 18.4 Å². The van der Waals surface area contributed by atoms with Gasteiger partial charge in [0, 0.05) is 5.56 Å². The Bertz CT molecular complexity index is 1260. The molecule has 1 aromatic carbocycles. The highest BCUT2D eigenvalue weighted by atomic mass is 32.1. The largest absolute Gasteiger partial charge is 0.493 e. The van der Waals surface area contributed by atoms with Crippen LogP contribution in [0.2, 0.25) is 0 Å². The molecule has 0 bridgehead atoms. The molecule has 0 saturated heterocycles. The highest BCUT2D eigenvalue weighted by molar-refractivity contribution is 7.12. The van der Waals surface area contributed by atoms with Gasteiger partial charge in [-0.05, 0) is 42.6 Å². The van der Waals surface area contributed by atoms with E-state index in [9.17, 15) is 9.59 Å². The number of nitrogens with one attached hydrogen (secondary N) is 1. The third kappa shape index (κ3) is 3.23. The Balaban J connectivity index is 1.98. The van der Waals surface area contributed by atoms with Crippen molar-refractivity contribution in [3.05, 3.63) is 51.9 Å². The van der Waals surface area contributed by atoms with Crippen molar-refractivity contribution >= 4 is 28.4 Å². The van der Waals surface area contributed by atoms with Crippen molar-refractivity contribution in [3.63, 3.8) is 0 Å². The fourth-order valence-electron chi connectivity index (χ4n) is 2.98. The number of ether oxygens (including phenoxy) is 2. The van der Waals surface area contributed by atoms with E-state index in [2.05, 4.69) is 15.0 Å². The molecule has 148 valence electrons. The smallest absolute Gasteiger partial charge is 0.333 e. The van der Waals surface area contributed by atoms with Gasteiger partial charge in [0.05, 0.1) is 13.7 Å². The molecule has 0 unspecified atom stereocenters. The molecule has 0 aliphatic carbocycles. The van der Waals surface area contributed by atoms with Gasteiger partial charge in [-0.25, -0.2) is 19.3 Å². The molecular formula is C19H17N5O4S. The maximum Gasteiger partial charge on any atom is 0.333 e. The Morgan fingerprint density at radius 1 is 1.28 bits per heavy atom. The van der Waals surface area contributed by atoms with Gasteiger partial charge >= 0.3 is 5.69 Å². The lowest BCUT2D eigenvalue weighted by Crippen LogP contribution is -2.15. The number of nitrogens with two attached hydrogens (primary N) is 1. The van der Waals surface area contributed by atoms with Crippen molar-refractivity contribution in [1.29, 1.82) is 0 Å². The van der Waals surface area contributed by atoms with Crippen LogP contribution in [0.25, 0.3) is 27.6 Å². The van der Waals surface area contributed by atoms with Gasteiger partial charge in [0.25, 0.3) is 5.91 Å². The van der Waals surface area contributed by atoms with Crippen LogP contribution in [0.3, 0.4) is 0 Å². The van der Waals surface area contributed by atoms with Crippen LogP contribution in [0, 0.1) is 0 Å². The van der Waals surface area contributed by atoms with Gasteiger partial charge in [-0.15, -0.1) is 11.3 Å². The molecular weight excluding hydrogens is 394 g/mol. The summed E-state index contributed by atoms with van der Waals surface area (Å²) in [6.45, 7) is 2.36. The van der Waals surface area contributed by atoms with Crippen LogP contribution >= 0.6 is 11.3 Å². The molecule has 10 heteroatoms. The summed E-state index contributed by atoms with van der Waals surface area (Å²) < 4.78 is 12.3. The minimum atomic E-state index is -0.767. The summed E-state index contributed by atoms with van der Waals surface area (Å²) in [5.41, 5.74) is 6.07. The molecule has 0 atom stereocenters. The number of carbonyl (C=O) groups excluding carboxylic acids is 1. The SMILES string of the molecule is CCOc1ccc(-c2nc(C(N)=O)c3[nH]c(=O)n(-c4cccs4)c3n2)cc1OC. The number of benzene rings is 1. The first kappa shape index (κ1) is 18.7. The van der Waals surface area contributed by atoms with Gasteiger partial charge in [0.2, 0.25) is 0 Å². The summed E-state index contributed by atoms with van der Waals surface area (Å²) in [4.78, 5) is 36.0. The van der Waals surface area contributed by atoms with Gasteiger partial charge in [-0.2, -0.15) is 0 Å². The zero-order valence-electron chi connectivity index (χ0n) is 15.6. The number of hydrogen-bond donors (Lipinski definition) is 2. The number of H-pyrrole nitrogens is 1. The maximum absolute atomic E-state index is 12.5. The van der Waals surface area contributed by atoms with E-state index in [0.29, 0.717) is 28.7 Å². The molecule has 1 amide bonds. The van der Waals surface area contributed by atoms with E-state index < -0.39 is 11.6 Å². The number of hydrogen-bond acceptors (Lipinski definition) is 7. The van der Waals surface area contributed by atoms with E-state index in [-0.39, 0.29) is 22.7 Å². The lowest BCUT2D eigenvalue weighted by Gasteiger charge is -2.11. The van der Waals surface area contributed by atoms with E-state index in [1.165, 1.54) is 23.0 Å². The van der Waals surface area contributed by atoms with Crippen LogP contribution in [0.15, 0.2) is 40.5 Å². The van der Waals surface area contributed by atoms with Gasteiger partial charge in [0.15, 0.2) is 28.7 Å². The fourth-order valence-corrected chi connectivity index (χ4v) is 3.70. The number of amides is 1. The number of aromatic nitrogens is 4. The van der Waals surface area contributed by atoms with E-state index in [4.69, 9.17) is 15.2 Å². The quantitative estimate of drug-likeness (QED) is 0.502. The lowest BCUT2D eigenvalue weighted by atomic mass is 10.1. The Morgan fingerprint density at radius 3 is 2.76 bits per heavy atom. The molecule has 0 radical (unpaired) electrons. The number of imidazole rings is 1. The predicted molar refractivity (Wildman–Crippen MR) is 109 cm³/mol. The minimum Gasteiger partial charge on any atom is -0.493 e. The first-order chi connectivity index (χ1) is 14.0. The van der Waals surface area contributed by atoms with Crippen molar-refractivity contribution in [2.24, 2.45) is 5.73 Å². The third-order valence-corrected chi connectivity index (χ3v) is 5.07. The molecule has 9 nitrogen and oxygen atoms in total. The molecule has 0 spiro atoms. The first-order valence-corrected chi connectivity index (χ1v) is 9.59. The Labute approximate surface area is 168 Å². The molecule has 4 rings (SSSR count). The zero-order chi connectivity index (χ0) is 20.5. The van der Waals surface area contributed by atoms with Crippen LogP contribution < -0.4 is 20.9 Å². The number of primary amides is 1. The second-order valence-corrected chi connectivity index (χ2v) is 6.90. The van der Waals surface area contributed by atoms with Crippen LogP contribution in [0.4, 0.5) is 0 Å². The average molecular weight is 411 g/mol. The van der Waals surface area contributed by atoms with Gasteiger partial charge in [-0.3, -0.25) is 4.79 Å². The van der Waals surface area contributed by atoms with Crippen LogP contribution in [0.1, 0.15) is 17.4 Å². The minimum absolute atomic E-state index is 0.0646. The monoisotopic (exact) mass is 411 g/mol. The van der Waals surface area contributed by atoms with Crippen molar-refractivity contribution in [2.75, 3.05) is 13.7 Å². The molecule has 3 N–H and O–H groups in total. The summed E-state index contributed by atoms with van der Waals surface area (Å²) in [6.07, 6.45) is 0. The van der Waals surface area contributed by atoms with E-state index in [0.717, 1.165) is 0 Å². The maximum atomic E-state index is 12.5. The lowest BCUT2D eigenvalue weighted by molar-refractivity contribution is 0.0997. The molecule has 4 aromatic rings. The Hall–Kier alpha value is -3.66. The number of thiophene rings is 1. The van der Waals surface area contributed by atoms with Crippen LogP contribution in [0.5, 0.6) is 11.5 Å². The van der Waals surface area contributed by atoms with Crippen molar-refractivity contribution < 1.29 is 14.3 Å². The number of nitrogens with zero attached hydrogens (tertiary/aromatic N) is 3.